The molecule has 2 aromatic carbocycles. The molecule has 138 valence electrons. The number of aliphatic imine (C=N–C) groups is 1. The molecule has 7 heteroatoms. The van der Waals surface area contributed by atoms with E-state index in [1.807, 2.05) is 31.2 Å². The Morgan fingerprint density at radius 3 is 2.56 bits per heavy atom. The number of nitrogens with zero attached hydrogens (tertiary/aromatic N) is 2. The summed E-state index contributed by atoms with van der Waals surface area (Å²) in [7, 11) is 1.44. The van der Waals surface area contributed by atoms with Crippen LogP contribution in [0.1, 0.15) is 12.5 Å². The predicted octanol–water partition coefficient (Wildman–Crippen LogP) is 2.86. The van der Waals surface area contributed by atoms with Crippen LogP contribution in [0.5, 0.6) is 5.75 Å². The average Bonchev–Trinajstić information content (AvgIpc) is 2.68. The number of barbiturate groups is 1. The van der Waals surface area contributed by atoms with Gasteiger partial charge in [-0.05, 0) is 30.2 Å². The summed E-state index contributed by atoms with van der Waals surface area (Å²) in [5, 5.41) is 2.20. The number of aryl methyl sites for hydroxylation is 1. The van der Waals surface area contributed by atoms with E-state index >= 15 is 0 Å². The number of anilines is 1. The average molecular weight is 365 g/mol. The monoisotopic (exact) mass is 365 g/mol. The zero-order valence-electron chi connectivity index (χ0n) is 15.0. The molecule has 2 aromatic rings. The maximum absolute atomic E-state index is 12.9. The lowest BCUT2D eigenvalue weighted by Crippen LogP contribution is -2.58. The van der Waals surface area contributed by atoms with Gasteiger partial charge in [-0.1, -0.05) is 37.3 Å². The molecule has 0 aromatic heterocycles. The lowest BCUT2D eigenvalue weighted by atomic mass is 10.1. The molecule has 1 N–H and O–H groups in total. The van der Waals surface area contributed by atoms with Gasteiger partial charge in [0.25, 0.3) is 5.91 Å². The molecule has 27 heavy (non-hydrogen) atoms. The molecule has 1 fully saturated rings. The van der Waals surface area contributed by atoms with Crippen molar-refractivity contribution in [3.05, 3.63) is 54.1 Å². The van der Waals surface area contributed by atoms with Gasteiger partial charge in [0, 0.05) is 6.21 Å². The van der Waals surface area contributed by atoms with Crippen molar-refractivity contribution in [1.29, 1.82) is 0 Å². The van der Waals surface area contributed by atoms with Crippen LogP contribution in [-0.2, 0) is 16.0 Å². The van der Waals surface area contributed by atoms with Crippen LogP contribution in [-0.4, -0.2) is 31.2 Å². The maximum atomic E-state index is 12.9. The van der Waals surface area contributed by atoms with Gasteiger partial charge < -0.3 is 4.74 Å². The lowest BCUT2D eigenvalue weighted by Gasteiger charge is -2.29. The van der Waals surface area contributed by atoms with Gasteiger partial charge in [-0.25, -0.2) is 9.69 Å². The first kappa shape index (κ1) is 18.3. The Morgan fingerprint density at radius 2 is 1.81 bits per heavy atom. The number of para-hydroxylation sites is 3. The fourth-order valence-electron chi connectivity index (χ4n) is 2.86. The quantitative estimate of drug-likeness (QED) is 0.652. The van der Waals surface area contributed by atoms with Gasteiger partial charge in [0.2, 0.25) is 5.91 Å². The molecular weight excluding hydrogens is 346 g/mol. The smallest absolute Gasteiger partial charge is 0.335 e. The molecule has 0 bridgehead atoms. The van der Waals surface area contributed by atoms with E-state index < -0.39 is 23.8 Å². The van der Waals surface area contributed by atoms with Crippen LogP contribution in [0.4, 0.5) is 16.2 Å². The highest BCUT2D eigenvalue weighted by atomic mass is 16.5. The number of rotatable bonds is 5. The number of carbonyl (C=O) groups is 3. The number of urea groups is 1. The number of imide groups is 2. The van der Waals surface area contributed by atoms with Crippen molar-refractivity contribution >= 4 is 35.4 Å². The van der Waals surface area contributed by atoms with Gasteiger partial charge in [-0.2, -0.15) is 0 Å². The molecule has 0 aliphatic carbocycles. The highest BCUT2D eigenvalue weighted by Crippen LogP contribution is 2.30. The molecule has 3 rings (SSSR count). The number of ether oxygens (including phenoxy) is 1. The van der Waals surface area contributed by atoms with E-state index in [-0.39, 0.29) is 5.69 Å². The van der Waals surface area contributed by atoms with Crippen LogP contribution >= 0.6 is 0 Å². The van der Waals surface area contributed by atoms with Crippen molar-refractivity contribution in [2.45, 2.75) is 13.3 Å². The lowest BCUT2D eigenvalue weighted by molar-refractivity contribution is -0.131. The highest BCUT2D eigenvalue weighted by Gasteiger charge is 2.41. The number of nitrogens with one attached hydrogen (secondary N) is 1. The molecule has 0 saturated carbocycles. The van der Waals surface area contributed by atoms with Crippen LogP contribution in [0, 0.1) is 5.92 Å². The second-order valence-corrected chi connectivity index (χ2v) is 5.88. The summed E-state index contributed by atoms with van der Waals surface area (Å²) in [5.74, 6) is -2.24. The van der Waals surface area contributed by atoms with E-state index in [1.54, 1.807) is 24.3 Å². The first-order valence-electron chi connectivity index (χ1n) is 8.50. The Morgan fingerprint density at radius 1 is 1.11 bits per heavy atom. The van der Waals surface area contributed by atoms with E-state index in [0.717, 1.165) is 16.9 Å². The van der Waals surface area contributed by atoms with Gasteiger partial charge in [0.15, 0.2) is 5.92 Å². The van der Waals surface area contributed by atoms with Gasteiger partial charge in [-0.15, -0.1) is 0 Å². The molecular formula is C20H19N3O4. The summed E-state index contributed by atoms with van der Waals surface area (Å²) in [6.07, 6.45) is 2.05. The minimum absolute atomic E-state index is 0.266. The van der Waals surface area contributed by atoms with Crippen LogP contribution in [0.3, 0.4) is 0 Å². The number of hydrogen-bond donors (Lipinski definition) is 1. The van der Waals surface area contributed by atoms with E-state index in [4.69, 9.17) is 4.74 Å². The Bertz CT molecular complexity index is 923. The number of methoxy groups -OCH3 is 1. The van der Waals surface area contributed by atoms with Crippen molar-refractivity contribution in [1.82, 2.24) is 5.32 Å². The summed E-state index contributed by atoms with van der Waals surface area (Å²) in [4.78, 5) is 42.6. The third-order valence-electron chi connectivity index (χ3n) is 4.26. The standard InChI is InChI=1S/C20H19N3O4/c1-3-13-8-4-5-9-15(13)21-12-14-18(24)22-20(26)23(19(14)25)16-10-6-7-11-17(16)27-2/h4-12,14H,3H2,1-2H3,(H,22,24,26)/t14-/m0/s1. The second-order valence-electron chi connectivity index (χ2n) is 5.88. The summed E-state index contributed by atoms with van der Waals surface area (Å²) in [6.45, 7) is 1.99. The molecule has 1 atom stereocenters. The molecule has 0 spiro atoms. The van der Waals surface area contributed by atoms with Crippen molar-refractivity contribution < 1.29 is 19.1 Å². The number of benzene rings is 2. The third-order valence-corrected chi connectivity index (χ3v) is 4.26. The molecule has 4 amide bonds. The van der Waals surface area contributed by atoms with Gasteiger partial charge in [0.05, 0.1) is 18.5 Å². The largest absolute Gasteiger partial charge is 0.495 e. The molecule has 1 aliphatic rings. The van der Waals surface area contributed by atoms with Crippen molar-refractivity contribution in [3.63, 3.8) is 0 Å². The summed E-state index contributed by atoms with van der Waals surface area (Å²) in [5.41, 5.74) is 1.94. The fourth-order valence-corrected chi connectivity index (χ4v) is 2.86. The molecule has 1 heterocycles. The Balaban J connectivity index is 1.94. The maximum Gasteiger partial charge on any atom is 0.335 e. The number of carbonyl (C=O) groups excluding carboxylic acids is 3. The minimum Gasteiger partial charge on any atom is -0.495 e. The Hall–Kier alpha value is -3.48. The van der Waals surface area contributed by atoms with Crippen LogP contribution in [0.25, 0.3) is 0 Å². The molecule has 1 aliphatic heterocycles. The van der Waals surface area contributed by atoms with Gasteiger partial charge in [-0.3, -0.25) is 19.9 Å². The van der Waals surface area contributed by atoms with Crippen LogP contribution in [0.15, 0.2) is 53.5 Å². The SMILES string of the molecule is CCc1ccccc1N=C[C@H]1C(=O)NC(=O)N(c2ccccc2OC)C1=O. The van der Waals surface area contributed by atoms with Gasteiger partial charge >= 0.3 is 6.03 Å². The Kier molecular flexibility index (Phi) is 5.30. The van der Waals surface area contributed by atoms with E-state index in [9.17, 15) is 14.4 Å². The van der Waals surface area contributed by atoms with E-state index in [0.29, 0.717) is 11.4 Å². The van der Waals surface area contributed by atoms with Gasteiger partial charge in [0.1, 0.15) is 5.75 Å². The highest BCUT2D eigenvalue weighted by molar-refractivity contribution is 6.33. The third kappa shape index (κ3) is 3.57. The first-order chi connectivity index (χ1) is 13.1. The summed E-state index contributed by atoms with van der Waals surface area (Å²) >= 11 is 0. The number of hydrogen-bond acceptors (Lipinski definition) is 5. The summed E-state index contributed by atoms with van der Waals surface area (Å²) in [6, 6.07) is 13.3. The molecule has 0 unspecified atom stereocenters. The van der Waals surface area contributed by atoms with Crippen molar-refractivity contribution in [2.75, 3.05) is 12.0 Å². The molecule has 0 radical (unpaired) electrons. The zero-order valence-corrected chi connectivity index (χ0v) is 15.0. The normalized spacial score (nSPS) is 17.3. The van der Waals surface area contributed by atoms with Crippen molar-refractivity contribution in [3.8, 4) is 5.75 Å². The Labute approximate surface area is 156 Å². The summed E-state index contributed by atoms with van der Waals surface area (Å²) < 4.78 is 5.22. The van der Waals surface area contributed by atoms with Crippen LogP contribution in [0.2, 0.25) is 0 Å². The van der Waals surface area contributed by atoms with Crippen LogP contribution < -0.4 is 15.0 Å². The van der Waals surface area contributed by atoms with Crippen molar-refractivity contribution in [2.24, 2.45) is 10.9 Å². The second kappa shape index (κ2) is 7.82. The predicted molar refractivity (Wildman–Crippen MR) is 101 cm³/mol. The minimum atomic E-state index is -1.21. The number of amides is 4. The fraction of sp³-hybridized carbons (Fsp3) is 0.200. The molecule has 1 saturated heterocycles. The molecule has 7 nitrogen and oxygen atoms in total. The van der Waals surface area contributed by atoms with E-state index in [2.05, 4.69) is 10.3 Å². The first-order valence-corrected chi connectivity index (χ1v) is 8.50. The van der Waals surface area contributed by atoms with E-state index in [1.165, 1.54) is 13.3 Å². The zero-order chi connectivity index (χ0) is 19.4. The topological polar surface area (TPSA) is 88.1 Å².